The second-order valence-electron chi connectivity index (χ2n) is 5.57. The summed E-state index contributed by atoms with van der Waals surface area (Å²) < 4.78 is 0. The highest BCUT2D eigenvalue weighted by molar-refractivity contribution is 6.34. The Morgan fingerprint density at radius 3 is 2.50 bits per heavy atom. The van der Waals surface area contributed by atoms with Gasteiger partial charge in [-0.3, -0.25) is 14.5 Å². The van der Waals surface area contributed by atoms with Crippen LogP contribution < -0.4 is 10.2 Å². The number of rotatable bonds is 2. The molecule has 1 aliphatic heterocycles. The van der Waals surface area contributed by atoms with Gasteiger partial charge in [0.15, 0.2) is 0 Å². The van der Waals surface area contributed by atoms with Crippen molar-refractivity contribution in [2.75, 3.05) is 4.90 Å². The van der Waals surface area contributed by atoms with Crippen molar-refractivity contribution in [1.29, 1.82) is 0 Å². The van der Waals surface area contributed by atoms with Gasteiger partial charge < -0.3 is 5.32 Å². The van der Waals surface area contributed by atoms with E-state index in [1.54, 1.807) is 19.1 Å². The fraction of sp³-hybridized carbons (Fsp3) is 0.467. The summed E-state index contributed by atoms with van der Waals surface area (Å²) in [5.74, 6) is -0.233. The molecule has 2 unspecified atom stereocenters. The summed E-state index contributed by atoms with van der Waals surface area (Å²) in [6, 6.07) is 4.42. The summed E-state index contributed by atoms with van der Waals surface area (Å²) in [6.07, 6.45) is 0. The zero-order valence-electron chi connectivity index (χ0n) is 12.1. The summed E-state index contributed by atoms with van der Waals surface area (Å²) >= 11 is 6.24. The lowest BCUT2D eigenvalue weighted by Crippen LogP contribution is -2.64. The van der Waals surface area contributed by atoms with Gasteiger partial charge in [-0.1, -0.05) is 31.5 Å². The number of nitrogens with zero attached hydrogens (tertiary/aromatic N) is 1. The van der Waals surface area contributed by atoms with Gasteiger partial charge >= 0.3 is 0 Å². The van der Waals surface area contributed by atoms with E-state index in [0.29, 0.717) is 10.7 Å². The highest BCUT2D eigenvalue weighted by atomic mass is 35.5. The summed E-state index contributed by atoms with van der Waals surface area (Å²) in [4.78, 5) is 26.2. The van der Waals surface area contributed by atoms with Crippen molar-refractivity contribution in [2.45, 2.75) is 39.8 Å². The maximum atomic E-state index is 12.6. The zero-order chi connectivity index (χ0) is 15.0. The van der Waals surface area contributed by atoms with E-state index in [1.165, 1.54) is 4.90 Å². The van der Waals surface area contributed by atoms with E-state index in [1.807, 2.05) is 26.8 Å². The molecule has 108 valence electrons. The predicted molar refractivity (Wildman–Crippen MR) is 79.9 cm³/mol. The number of aryl methyl sites for hydroxylation is 1. The number of carbonyl (C=O) groups is 2. The normalized spacial score (nSPS) is 23.2. The fourth-order valence-corrected chi connectivity index (χ4v) is 2.71. The molecule has 0 saturated carbocycles. The van der Waals surface area contributed by atoms with Gasteiger partial charge in [0.25, 0.3) is 5.91 Å². The maximum Gasteiger partial charge on any atom is 0.250 e. The van der Waals surface area contributed by atoms with Gasteiger partial charge in [-0.25, -0.2) is 0 Å². The Hall–Kier alpha value is -1.55. The maximum absolute atomic E-state index is 12.6. The number of piperazine rings is 1. The molecule has 1 aliphatic rings. The molecule has 4 nitrogen and oxygen atoms in total. The van der Waals surface area contributed by atoms with Crippen LogP contribution in [0.4, 0.5) is 5.69 Å². The average molecular weight is 295 g/mol. The fourth-order valence-electron chi connectivity index (χ4n) is 2.38. The summed E-state index contributed by atoms with van der Waals surface area (Å²) in [6.45, 7) is 7.46. The number of nitrogens with one attached hydrogen (secondary N) is 1. The van der Waals surface area contributed by atoms with Crippen LogP contribution in [-0.4, -0.2) is 23.9 Å². The third-order valence-electron chi connectivity index (χ3n) is 3.60. The van der Waals surface area contributed by atoms with E-state index >= 15 is 0 Å². The Kier molecular flexibility index (Phi) is 4.04. The van der Waals surface area contributed by atoms with Crippen LogP contribution in [-0.2, 0) is 9.59 Å². The molecule has 1 saturated heterocycles. The molecule has 20 heavy (non-hydrogen) atoms. The predicted octanol–water partition coefficient (Wildman–Crippen LogP) is 2.52. The summed E-state index contributed by atoms with van der Waals surface area (Å²) in [7, 11) is 0. The number of amides is 2. The van der Waals surface area contributed by atoms with Gasteiger partial charge in [-0.2, -0.15) is 0 Å². The minimum atomic E-state index is -0.558. The molecule has 2 atom stereocenters. The third kappa shape index (κ3) is 2.52. The van der Waals surface area contributed by atoms with Crippen LogP contribution in [0.25, 0.3) is 0 Å². The van der Waals surface area contributed by atoms with E-state index < -0.39 is 12.1 Å². The molecule has 1 N–H and O–H groups in total. The molecule has 0 aliphatic carbocycles. The molecule has 1 aromatic carbocycles. The van der Waals surface area contributed by atoms with Crippen LogP contribution in [0.3, 0.4) is 0 Å². The van der Waals surface area contributed by atoms with E-state index in [2.05, 4.69) is 5.32 Å². The standard InChI is InChI=1S/C15H19ClN2O2/c1-8(2)13-15(20)18(10(4)14(19)17-13)12-6-5-9(3)7-11(12)16/h5-8,10,13H,1-4H3,(H,17,19). The monoisotopic (exact) mass is 294 g/mol. The van der Waals surface area contributed by atoms with Crippen molar-refractivity contribution >= 4 is 29.1 Å². The van der Waals surface area contributed by atoms with E-state index in [9.17, 15) is 9.59 Å². The minimum Gasteiger partial charge on any atom is -0.342 e. The number of carbonyl (C=O) groups excluding carboxylic acids is 2. The highest BCUT2D eigenvalue weighted by Crippen LogP contribution is 2.31. The lowest BCUT2D eigenvalue weighted by atomic mass is 9.97. The number of anilines is 1. The van der Waals surface area contributed by atoms with Crippen molar-refractivity contribution in [3.8, 4) is 0 Å². The van der Waals surface area contributed by atoms with Crippen molar-refractivity contribution in [1.82, 2.24) is 5.32 Å². The molecule has 1 fully saturated rings. The van der Waals surface area contributed by atoms with Crippen molar-refractivity contribution in [3.63, 3.8) is 0 Å². The summed E-state index contributed by atoms with van der Waals surface area (Å²) in [5, 5.41) is 3.26. The molecule has 2 amide bonds. The smallest absolute Gasteiger partial charge is 0.250 e. The zero-order valence-corrected chi connectivity index (χ0v) is 12.9. The van der Waals surface area contributed by atoms with Gasteiger partial charge in [-0.15, -0.1) is 0 Å². The SMILES string of the molecule is Cc1ccc(N2C(=O)C(C(C)C)NC(=O)C2C)c(Cl)c1. The number of hydrogen-bond acceptors (Lipinski definition) is 2. The van der Waals surface area contributed by atoms with Crippen molar-refractivity contribution in [3.05, 3.63) is 28.8 Å². The molecule has 5 heteroatoms. The largest absolute Gasteiger partial charge is 0.342 e. The van der Waals surface area contributed by atoms with Gasteiger partial charge in [0.1, 0.15) is 12.1 Å². The van der Waals surface area contributed by atoms with Crippen LogP contribution in [0.2, 0.25) is 5.02 Å². The molecule has 1 aromatic rings. The Labute approximate surface area is 124 Å². The van der Waals surface area contributed by atoms with E-state index in [-0.39, 0.29) is 17.7 Å². The van der Waals surface area contributed by atoms with Gasteiger partial charge in [-0.05, 0) is 37.5 Å². The Bertz CT molecular complexity index is 557. The molecule has 0 aromatic heterocycles. The second kappa shape index (κ2) is 5.44. The lowest BCUT2D eigenvalue weighted by Gasteiger charge is -2.39. The first kappa shape index (κ1) is 14.9. The number of hydrogen-bond donors (Lipinski definition) is 1. The molecular formula is C15H19ClN2O2. The molecular weight excluding hydrogens is 276 g/mol. The Morgan fingerprint density at radius 2 is 1.95 bits per heavy atom. The first-order chi connectivity index (χ1) is 9.32. The molecule has 1 heterocycles. The van der Waals surface area contributed by atoms with Gasteiger partial charge in [0, 0.05) is 0 Å². The summed E-state index contributed by atoms with van der Waals surface area (Å²) in [5.41, 5.74) is 1.61. The quantitative estimate of drug-likeness (QED) is 0.911. The molecule has 0 radical (unpaired) electrons. The first-order valence-corrected chi connectivity index (χ1v) is 7.10. The Balaban J connectivity index is 2.46. The van der Waals surface area contributed by atoms with Crippen LogP contribution in [0.15, 0.2) is 18.2 Å². The number of halogens is 1. The van der Waals surface area contributed by atoms with Gasteiger partial charge in [0.05, 0.1) is 10.7 Å². The average Bonchev–Trinajstić information content (AvgIpc) is 2.36. The molecule has 0 spiro atoms. The van der Waals surface area contributed by atoms with Crippen LogP contribution >= 0.6 is 11.6 Å². The van der Waals surface area contributed by atoms with E-state index in [4.69, 9.17) is 11.6 Å². The minimum absolute atomic E-state index is 0.0330. The topological polar surface area (TPSA) is 49.4 Å². The van der Waals surface area contributed by atoms with Crippen LogP contribution in [0.5, 0.6) is 0 Å². The van der Waals surface area contributed by atoms with Crippen LogP contribution in [0.1, 0.15) is 26.3 Å². The van der Waals surface area contributed by atoms with Crippen LogP contribution in [0, 0.1) is 12.8 Å². The lowest BCUT2D eigenvalue weighted by molar-refractivity contribution is -0.134. The first-order valence-electron chi connectivity index (χ1n) is 6.72. The number of benzene rings is 1. The van der Waals surface area contributed by atoms with Crippen molar-refractivity contribution < 1.29 is 9.59 Å². The highest BCUT2D eigenvalue weighted by Gasteiger charge is 2.40. The molecule has 0 bridgehead atoms. The van der Waals surface area contributed by atoms with E-state index in [0.717, 1.165) is 5.56 Å². The third-order valence-corrected chi connectivity index (χ3v) is 3.90. The Morgan fingerprint density at radius 1 is 1.30 bits per heavy atom. The molecule has 2 rings (SSSR count). The van der Waals surface area contributed by atoms with Gasteiger partial charge in [0.2, 0.25) is 5.91 Å². The second-order valence-corrected chi connectivity index (χ2v) is 5.98. The van der Waals surface area contributed by atoms with Crippen molar-refractivity contribution in [2.24, 2.45) is 5.92 Å².